The molecule has 1 saturated heterocycles. The third kappa shape index (κ3) is 4.35. The number of rotatable bonds is 6. The predicted octanol–water partition coefficient (Wildman–Crippen LogP) is 1.88. The van der Waals surface area contributed by atoms with Gasteiger partial charge in [-0.05, 0) is 11.6 Å². The summed E-state index contributed by atoms with van der Waals surface area (Å²) in [6.45, 7) is 1.68. The minimum atomic E-state index is -3.39. The number of benzene rings is 2. The molecule has 0 bridgehead atoms. The second-order valence-electron chi connectivity index (χ2n) is 7.26. The molecule has 9 nitrogen and oxygen atoms in total. The van der Waals surface area contributed by atoms with Gasteiger partial charge in [0.2, 0.25) is 16.0 Å². The van der Waals surface area contributed by atoms with Crippen LogP contribution in [0.2, 0.25) is 0 Å². The number of piperazine rings is 1. The fraction of sp³-hybridized carbons (Fsp3) is 0.333. The van der Waals surface area contributed by atoms with Gasteiger partial charge in [0.15, 0.2) is 11.5 Å². The van der Waals surface area contributed by atoms with Crippen LogP contribution in [-0.4, -0.2) is 63.1 Å². The summed E-state index contributed by atoms with van der Waals surface area (Å²) in [6, 6.07) is 12.7. The zero-order valence-electron chi connectivity index (χ0n) is 17.5. The number of methoxy groups -OCH3 is 2. The van der Waals surface area contributed by atoms with Gasteiger partial charge in [-0.2, -0.15) is 9.29 Å². The van der Waals surface area contributed by atoms with E-state index in [1.807, 2.05) is 35.2 Å². The van der Waals surface area contributed by atoms with Gasteiger partial charge in [0, 0.05) is 37.6 Å². The van der Waals surface area contributed by atoms with E-state index in [0.29, 0.717) is 60.3 Å². The maximum absolute atomic E-state index is 12.8. The van der Waals surface area contributed by atoms with Crippen molar-refractivity contribution in [3.8, 4) is 11.5 Å². The Morgan fingerprint density at radius 1 is 0.968 bits per heavy atom. The van der Waals surface area contributed by atoms with Crippen molar-refractivity contribution < 1.29 is 17.9 Å². The van der Waals surface area contributed by atoms with Gasteiger partial charge in [-0.25, -0.2) is 13.4 Å². The quantitative estimate of drug-likeness (QED) is 0.615. The molecule has 2 N–H and O–H groups in total. The van der Waals surface area contributed by atoms with Crippen LogP contribution in [0.5, 0.6) is 11.5 Å². The standard InChI is InChI=1S/C21H25N5O4S/c1-29-18-12-16-17(13-19(18)30-2)23-21(24-20(16)22)25-8-10-26(11-9-25)31(27,28)14-15-6-4-3-5-7-15/h3-7,12-13H,8-11,14H2,1-2H3,(H2,22,23,24). The van der Waals surface area contributed by atoms with Crippen molar-refractivity contribution in [1.29, 1.82) is 0 Å². The van der Waals surface area contributed by atoms with Crippen LogP contribution < -0.4 is 20.1 Å². The van der Waals surface area contributed by atoms with Gasteiger partial charge in [0.05, 0.1) is 25.5 Å². The van der Waals surface area contributed by atoms with Gasteiger partial charge in [0.25, 0.3) is 0 Å². The van der Waals surface area contributed by atoms with Crippen molar-refractivity contribution in [2.45, 2.75) is 5.75 Å². The molecule has 0 aliphatic carbocycles. The van der Waals surface area contributed by atoms with Crippen LogP contribution in [0, 0.1) is 0 Å². The summed E-state index contributed by atoms with van der Waals surface area (Å²) < 4.78 is 37.8. The lowest BCUT2D eigenvalue weighted by molar-refractivity contribution is 0.356. The Balaban J connectivity index is 1.52. The highest BCUT2D eigenvalue weighted by Crippen LogP contribution is 2.34. The number of nitrogen functional groups attached to an aromatic ring is 1. The molecule has 0 unspecified atom stereocenters. The third-order valence-electron chi connectivity index (χ3n) is 5.33. The lowest BCUT2D eigenvalue weighted by Crippen LogP contribution is -2.49. The minimum absolute atomic E-state index is 0.00507. The fourth-order valence-electron chi connectivity index (χ4n) is 3.65. The molecule has 31 heavy (non-hydrogen) atoms. The van der Waals surface area contributed by atoms with Gasteiger partial charge < -0.3 is 20.1 Å². The lowest BCUT2D eigenvalue weighted by atomic mass is 10.2. The zero-order valence-corrected chi connectivity index (χ0v) is 18.3. The molecule has 0 atom stereocenters. The summed E-state index contributed by atoms with van der Waals surface area (Å²) in [5.74, 6) is 1.90. The molecule has 4 rings (SSSR count). The number of anilines is 2. The smallest absolute Gasteiger partial charge is 0.227 e. The van der Waals surface area contributed by atoms with Crippen LogP contribution in [-0.2, 0) is 15.8 Å². The highest BCUT2D eigenvalue weighted by atomic mass is 32.2. The van der Waals surface area contributed by atoms with E-state index in [0.717, 1.165) is 5.56 Å². The lowest BCUT2D eigenvalue weighted by Gasteiger charge is -2.34. The Hall–Kier alpha value is -3.11. The maximum atomic E-state index is 12.8. The summed E-state index contributed by atoms with van der Waals surface area (Å²) in [4.78, 5) is 11.0. The van der Waals surface area contributed by atoms with Crippen molar-refractivity contribution in [2.75, 3.05) is 51.0 Å². The van der Waals surface area contributed by atoms with E-state index in [9.17, 15) is 8.42 Å². The van der Waals surface area contributed by atoms with Crippen molar-refractivity contribution >= 4 is 32.7 Å². The Kier molecular flexibility index (Phi) is 5.84. The third-order valence-corrected chi connectivity index (χ3v) is 7.18. The van der Waals surface area contributed by atoms with Crippen LogP contribution in [0.3, 0.4) is 0 Å². The molecule has 0 radical (unpaired) electrons. The molecule has 0 amide bonds. The molecule has 10 heteroatoms. The van der Waals surface area contributed by atoms with Crippen LogP contribution in [0.15, 0.2) is 42.5 Å². The minimum Gasteiger partial charge on any atom is -0.493 e. The van der Waals surface area contributed by atoms with E-state index in [-0.39, 0.29) is 5.75 Å². The Morgan fingerprint density at radius 2 is 1.61 bits per heavy atom. The molecule has 1 aliphatic rings. The van der Waals surface area contributed by atoms with E-state index < -0.39 is 10.0 Å². The van der Waals surface area contributed by atoms with Gasteiger partial charge in [-0.1, -0.05) is 30.3 Å². The summed E-state index contributed by atoms with van der Waals surface area (Å²) in [5.41, 5.74) is 7.60. The second-order valence-corrected chi connectivity index (χ2v) is 9.23. The molecule has 0 saturated carbocycles. The maximum Gasteiger partial charge on any atom is 0.227 e. The average Bonchev–Trinajstić information content (AvgIpc) is 2.78. The Labute approximate surface area is 181 Å². The molecule has 1 aliphatic heterocycles. The molecule has 3 aromatic rings. The van der Waals surface area contributed by atoms with E-state index in [4.69, 9.17) is 15.2 Å². The molecule has 164 valence electrons. The van der Waals surface area contributed by atoms with Crippen molar-refractivity contribution in [2.24, 2.45) is 0 Å². The van der Waals surface area contributed by atoms with E-state index in [2.05, 4.69) is 9.97 Å². The highest BCUT2D eigenvalue weighted by Gasteiger charge is 2.28. The highest BCUT2D eigenvalue weighted by molar-refractivity contribution is 7.88. The van der Waals surface area contributed by atoms with E-state index >= 15 is 0 Å². The van der Waals surface area contributed by atoms with Crippen LogP contribution >= 0.6 is 0 Å². The first-order valence-corrected chi connectivity index (χ1v) is 11.5. The van der Waals surface area contributed by atoms with Crippen molar-refractivity contribution in [3.05, 3.63) is 48.0 Å². The van der Waals surface area contributed by atoms with Crippen LogP contribution in [0.4, 0.5) is 11.8 Å². The number of nitrogens with zero attached hydrogens (tertiary/aromatic N) is 4. The monoisotopic (exact) mass is 443 g/mol. The van der Waals surface area contributed by atoms with Gasteiger partial charge in [-0.3, -0.25) is 0 Å². The number of aromatic nitrogens is 2. The molecule has 1 aromatic heterocycles. The molecule has 1 fully saturated rings. The van der Waals surface area contributed by atoms with Gasteiger partial charge in [0.1, 0.15) is 5.82 Å². The number of hydrogen-bond acceptors (Lipinski definition) is 8. The normalized spacial score (nSPS) is 15.2. The van der Waals surface area contributed by atoms with Crippen molar-refractivity contribution in [1.82, 2.24) is 14.3 Å². The van der Waals surface area contributed by atoms with E-state index in [1.54, 1.807) is 26.4 Å². The van der Waals surface area contributed by atoms with Gasteiger partial charge in [-0.15, -0.1) is 0 Å². The van der Waals surface area contributed by atoms with Crippen LogP contribution in [0.25, 0.3) is 10.9 Å². The number of sulfonamides is 1. The van der Waals surface area contributed by atoms with Crippen LogP contribution in [0.1, 0.15) is 5.56 Å². The summed E-state index contributed by atoms with van der Waals surface area (Å²) in [7, 11) is -0.275. The molecule has 0 spiro atoms. The predicted molar refractivity (Wildman–Crippen MR) is 120 cm³/mol. The molecular weight excluding hydrogens is 418 g/mol. The van der Waals surface area contributed by atoms with Crippen molar-refractivity contribution in [3.63, 3.8) is 0 Å². The number of fused-ring (bicyclic) bond motifs is 1. The summed E-state index contributed by atoms with van der Waals surface area (Å²) >= 11 is 0. The first kappa shape index (κ1) is 21.1. The fourth-order valence-corrected chi connectivity index (χ4v) is 5.17. The number of ether oxygens (including phenoxy) is 2. The topological polar surface area (TPSA) is 111 Å². The summed E-state index contributed by atoms with van der Waals surface area (Å²) in [6.07, 6.45) is 0. The first-order valence-electron chi connectivity index (χ1n) is 9.87. The largest absolute Gasteiger partial charge is 0.493 e. The summed E-state index contributed by atoms with van der Waals surface area (Å²) in [5, 5.41) is 0.672. The molecule has 2 heterocycles. The second kappa shape index (κ2) is 8.56. The molecular formula is C21H25N5O4S. The van der Waals surface area contributed by atoms with E-state index in [1.165, 1.54) is 4.31 Å². The Morgan fingerprint density at radius 3 is 2.26 bits per heavy atom. The SMILES string of the molecule is COc1cc2nc(N3CCN(S(=O)(=O)Cc4ccccc4)CC3)nc(N)c2cc1OC. The van der Waals surface area contributed by atoms with Gasteiger partial charge >= 0.3 is 0 Å². The number of hydrogen-bond donors (Lipinski definition) is 1. The first-order chi connectivity index (χ1) is 14.9. The number of nitrogens with two attached hydrogens (primary N) is 1. The Bertz CT molecular complexity index is 1180. The average molecular weight is 444 g/mol. The molecule has 2 aromatic carbocycles. The zero-order chi connectivity index (χ0) is 22.0.